The zero-order chi connectivity index (χ0) is 13.8. The number of carboxylic acids is 1. The number of carboxylic acid groups (broad SMARTS) is 1. The van der Waals surface area contributed by atoms with Gasteiger partial charge in [0.25, 0.3) is 0 Å². The molecule has 1 N–H and O–H groups in total. The van der Waals surface area contributed by atoms with Crippen molar-refractivity contribution in [2.45, 2.75) is 0 Å². The van der Waals surface area contributed by atoms with Crippen molar-refractivity contribution in [3.8, 4) is 17.6 Å². The van der Waals surface area contributed by atoms with Gasteiger partial charge in [0.15, 0.2) is 0 Å². The molecule has 1 heterocycles. The maximum atomic E-state index is 11.1. The van der Waals surface area contributed by atoms with Crippen LogP contribution in [-0.4, -0.2) is 28.2 Å². The molecule has 0 aliphatic heterocycles. The summed E-state index contributed by atoms with van der Waals surface area (Å²) in [5.41, 5.74) is -0.143. The molecule has 0 amide bonds. The van der Waals surface area contributed by atoms with Crippen molar-refractivity contribution in [3.63, 3.8) is 0 Å². The van der Waals surface area contributed by atoms with Gasteiger partial charge < -0.3 is 14.6 Å². The van der Waals surface area contributed by atoms with Gasteiger partial charge in [-0.3, -0.25) is 0 Å². The second-order valence-electron chi connectivity index (χ2n) is 3.40. The fourth-order valence-electron chi connectivity index (χ4n) is 1.38. The Morgan fingerprint density at radius 3 is 2.84 bits per heavy atom. The Morgan fingerprint density at radius 2 is 2.16 bits per heavy atom. The molecule has 0 fully saturated rings. The van der Waals surface area contributed by atoms with Gasteiger partial charge in [0, 0.05) is 12.3 Å². The van der Waals surface area contributed by atoms with E-state index < -0.39 is 5.97 Å². The van der Waals surface area contributed by atoms with Gasteiger partial charge in [-0.25, -0.2) is 9.78 Å². The molecule has 1 aromatic heterocycles. The van der Waals surface area contributed by atoms with E-state index in [1.165, 1.54) is 25.4 Å². The van der Waals surface area contributed by atoms with E-state index in [9.17, 15) is 4.79 Å². The maximum absolute atomic E-state index is 11.1. The molecule has 7 heteroatoms. The average molecular weight is 281 g/mol. The third kappa shape index (κ3) is 2.92. The molecule has 6 nitrogen and oxygen atoms in total. The van der Waals surface area contributed by atoms with Crippen LogP contribution in [-0.2, 0) is 0 Å². The summed E-state index contributed by atoms with van der Waals surface area (Å²) in [5.74, 6) is -0.819. The molecular weight excluding hydrogens is 272 g/mol. The van der Waals surface area contributed by atoms with Crippen LogP contribution in [0.5, 0.6) is 17.6 Å². The predicted octanol–water partition coefficient (Wildman–Crippen LogP) is 2.63. The number of nitrogens with zero attached hydrogens (tertiary/aromatic N) is 2. The average Bonchev–Trinajstić information content (AvgIpc) is 2.38. The Kier molecular flexibility index (Phi) is 3.82. The summed E-state index contributed by atoms with van der Waals surface area (Å²) in [6, 6.07) is 6.03. The quantitative estimate of drug-likeness (QED) is 0.927. The lowest BCUT2D eigenvalue weighted by Gasteiger charge is -2.08. The van der Waals surface area contributed by atoms with Gasteiger partial charge in [0.05, 0.1) is 12.1 Å². The van der Waals surface area contributed by atoms with Gasteiger partial charge in [0.2, 0.25) is 5.88 Å². The molecule has 1 aromatic carbocycles. The summed E-state index contributed by atoms with van der Waals surface area (Å²) in [4.78, 5) is 18.9. The molecular formula is C12H9ClN2O4. The minimum Gasteiger partial charge on any atom is -0.481 e. The first-order valence-electron chi connectivity index (χ1n) is 5.18. The van der Waals surface area contributed by atoms with Crippen molar-refractivity contribution in [1.29, 1.82) is 0 Å². The Balaban J connectivity index is 2.38. The normalized spacial score (nSPS) is 10.0. The van der Waals surface area contributed by atoms with E-state index in [0.717, 1.165) is 0 Å². The molecule has 0 unspecified atom stereocenters. The zero-order valence-electron chi connectivity index (χ0n) is 9.83. The van der Waals surface area contributed by atoms with E-state index in [0.29, 0.717) is 5.88 Å². The minimum atomic E-state index is -1.19. The number of benzene rings is 1. The van der Waals surface area contributed by atoms with Gasteiger partial charge in [-0.15, -0.1) is 0 Å². The monoisotopic (exact) mass is 280 g/mol. The summed E-state index contributed by atoms with van der Waals surface area (Å²) in [6.07, 6.45) is 1.44. The largest absolute Gasteiger partial charge is 0.481 e. The first-order chi connectivity index (χ1) is 9.11. The number of aromatic nitrogens is 2. The van der Waals surface area contributed by atoms with Crippen LogP contribution < -0.4 is 9.47 Å². The summed E-state index contributed by atoms with van der Waals surface area (Å²) >= 11 is 5.82. The molecule has 98 valence electrons. The van der Waals surface area contributed by atoms with E-state index in [4.69, 9.17) is 26.2 Å². The second-order valence-corrected chi connectivity index (χ2v) is 3.81. The van der Waals surface area contributed by atoms with Crippen molar-refractivity contribution in [2.24, 2.45) is 0 Å². The van der Waals surface area contributed by atoms with Gasteiger partial charge in [-0.2, -0.15) is 4.98 Å². The maximum Gasteiger partial charge on any atom is 0.341 e. The lowest BCUT2D eigenvalue weighted by Crippen LogP contribution is -2.02. The zero-order valence-corrected chi connectivity index (χ0v) is 10.6. The highest BCUT2D eigenvalue weighted by Gasteiger charge is 2.17. The second kappa shape index (κ2) is 5.53. The van der Waals surface area contributed by atoms with E-state index >= 15 is 0 Å². The summed E-state index contributed by atoms with van der Waals surface area (Å²) < 4.78 is 10.2. The van der Waals surface area contributed by atoms with Crippen LogP contribution in [0.15, 0.2) is 30.5 Å². The fraction of sp³-hybridized carbons (Fsp3) is 0.0833. The van der Waals surface area contributed by atoms with Crippen molar-refractivity contribution < 1.29 is 19.4 Å². The Hall–Kier alpha value is -2.34. The van der Waals surface area contributed by atoms with Crippen molar-refractivity contribution in [3.05, 3.63) is 41.0 Å². The first kappa shape index (κ1) is 13.1. The number of hydrogen-bond acceptors (Lipinski definition) is 5. The molecule has 0 bridgehead atoms. The van der Waals surface area contributed by atoms with Crippen molar-refractivity contribution in [2.75, 3.05) is 7.11 Å². The molecule has 0 spiro atoms. The van der Waals surface area contributed by atoms with E-state index in [-0.39, 0.29) is 22.3 Å². The lowest BCUT2D eigenvalue weighted by molar-refractivity contribution is 0.0694. The SMILES string of the molecule is COc1ccnc(Oc2cccc(Cl)c2C(=O)O)n1. The fourth-order valence-corrected chi connectivity index (χ4v) is 1.63. The standard InChI is InChI=1S/C12H9ClN2O4/c1-18-9-5-6-14-12(15-9)19-8-4-2-3-7(13)10(8)11(16)17/h2-6H,1H3,(H,16,17). The molecule has 0 radical (unpaired) electrons. The first-order valence-corrected chi connectivity index (χ1v) is 5.56. The number of halogens is 1. The number of hydrogen-bond donors (Lipinski definition) is 1. The molecule has 2 rings (SSSR count). The smallest absolute Gasteiger partial charge is 0.341 e. The van der Waals surface area contributed by atoms with E-state index in [1.54, 1.807) is 12.1 Å². The van der Waals surface area contributed by atoms with Crippen LogP contribution in [0.4, 0.5) is 0 Å². The third-order valence-corrected chi connectivity index (χ3v) is 2.52. The van der Waals surface area contributed by atoms with Crippen LogP contribution in [0.25, 0.3) is 0 Å². The van der Waals surface area contributed by atoms with Crippen LogP contribution in [0.1, 0.15) is 10.4 Å². The molecule has 19 heavy (non-hydrogen) atoms. The highest BCUT2D eigenvalue weighted by atomic mass is 35.5. The number of methoxy groups -OCH3 is 1. The molecule has 2 aromatic rings. The number of rotatable bonds is 4. The summed E-state index contributed by atoms with van der Waals surface area (Å²) in [7, 11) is 1.45. The highest BCUT2D eigenvalue weighted by molar-refractivity contribution is 6.33. The van der Waals surface area contributed by atoms with E-state index in [1.807, 2.05) is 0 Å². The predicted molar refractivity (Wildman–Crippen MR) is 67.1 cm³/mol. The van der Waals surface area contributed by atoms with Gasteiger partial charge in [-0.05, 0) is 12.1 Å². The summed E-state index contributed by atoms with van der Waals surface area (Å²) in [6.45, 7) is 0. The molecule has 0 aliphatic rings. The van der Waals surface area contributed by atoms with Crippen molar-refractivity contribution in [1.82, 2.24) is 9.97 Å². The molecule has 0 saturated heterocycles. The molecule has 0 atom stereocenters. The molecule has 0 saturated carbocycles. The highest BCUT2D eigenvalue weighted by Crippen LogP contribution is 2.29. The van der Waals surface area contributed by atoms with Crippen LogP contribution in [0.3, 0.4) is 0 Å². The number of ether oxygens (including phenoxy) is 2. The van der Waals surface area contributed by atoms with Gasteiger partial charge in [-0.1, -0.05) is 17.7 Å². The van der Waals surface area contributed by atoms with Crippen LogP contribution in [0, 0.1) is 0 Å². The van der Waals surface area contributed by atoms with Crippen molar-refractivity contribution >= 4 is 17.6 Å². The van der Waals surface area contributed by atoms with Gasteiger partial charge in [0.1, 0.15) is 11.3 Å². The lowest BCUT2D eigenvalue weighted by atomic mass is 10.2. The van der Waals surface area contributed by atoms with E-state index in [2.05, 4.69) is 9.97 Å². The minimum absolute atomic E-state index is 0.0240. The Bertz CT molecular complexity index is 618. The van der Waals surface area contributed by atoms with Gasteiger partial charge >= 0.3 is 12.0 Å². The number of carbonyl (C=O) groups is 1. The van der Waals surface area contributed by atoms with Crippen LogP contribution in [0.2, 0.25) is 5.02 Å². The summed E-state index contributed by atoms with van der Waals surface area (Å²) in [5, 5.41) is 9.17. The third-order valence-electron chi connectivity index (χ3n) is 2.21. The topological polar surface area (TPSA) is 81.5 Å². The Morgan fingerprint density at radius 1 is 1.37 bits per heavy atom. The van der Waals surface area contributed by atoms with Crippen LogP contribution >= 0.6 is 11.6 Å². The Labute approximate surface area is 113 Å². The molecule has 0 aliphatic carbocycles. The number of aromatic carboxylic acids is 1.